The van der Waals surface area contributed by atoms with Gasteiger partial charge in [0.25, 0.3) is 0 Å². The summed E-state index contributed by atoms with van der Waals surface area (Å²) < 4.78 is 15.0. The Hall–Kier alpha value is -4.67. The Balaban J connectivity index is 2.00. The lowest BCUT2D eigenvalue weighted by Gasteiger charge is -2.34. The van der Waals surface area contributed by atoms with E-state index in [1.54, 1.807) is 49.4 Å². The van der Waals surface area contributed by atoms with Crippen LogP contribution >= 0.6 is 0 Å². The van der Waals surface area contributed by atoms with Crippen molar-refractivity contribution in [1.82, 2.24) is 10.5 Å². The van der Waals surface area contributed by atoms with E-state index < -0.39 is 35.3 Å². The van der Waals surface area contributed by atoms with Gasteiger partial charge >= 0.3 is 5.97 Å². The van der Waals surface area contributed by atoms with Gasteiger partial charge in [-0.15, -0.1) is 0 Å². The number of methoxy groups -OCH3 is 2. The molecule has 2 N–H and O–H groups in total. The van der Waals surface area contributed by atoms with Gasteiger partial charge in [0.15, 0.2) is 5.82 Å². The highest BCUT2D eigenvalue weighted by molar-refractivity contribution is 6.03. The van der Waals surface area contributed by atoms with Crippen LogP contribution in [0, 0.1) is 6.92 Å². The molecule has 2 aromatic carbocycles. The number of rotatable bonds is 10. The number of ether oxygens (including phenoxy) is 2. The van der Waals surface area contributed by atoms with Crippen LogP contribution in [0.15, 0.2) is 59.1 Å². The fourth-order valence-corrected chi connectivity index (χ4v) is 3.93. The Morgan fingerprint density at radius 3 is 2.15 bits per heavy atom. The van der Waals surface area contributed by atoms with Crippen LogP contribution in [0.2, 0.25) is 0 Å². The van der Waals surface area contributed by atoms with E-state index in [9.17, 15) is 19.2 Å². The van der Waals surface area contributed by atoms with Crippen molar-refractivity contribution < 1.29 is 33.2 Å². The summed E-state index contributed by atoms with van der Waals surface area (Å²) >= 11 is 0. The minimum Gasteiger partial charge on any atom is -0.497 e. The first-order chi connectivity index (χ1) is 18.9. The number of nitrogens with zero attached hydrogens (tertiary/aromatic N) is 2. The zero-order chi connectivity index (χ0) is 29.4. The highest BCUT2D eigenvalue weighted by Crippen LogP contribution is 2.31. The van der Waals surface area contributed by atoms with Crippen LogP contribution in [0.3, 0.4) is 0 Å². The first-order valence-corrected chi connectivity index (χ1v) is 12.6. The van der Waals surface area contributed by atoms with Crippen molar-refractivity contribution in [3.05, 3.63) is 71.5 Å². The van der Waals surface area contributed by atoms with Gasteiger partial charge in [-0.3, -0.25) is 19.3 Å². The van der Waals surface area contributed by atoms with E-state index in [1.807, 2.05) is 20.8 Å². The number of amides is 3. The molecule has 3 rings (SSSR count). The summed E-state index contributed by atoms with van der Waals surface area (Å²) in [6, 6.07) is 13.4. The van der Waals surface area contributed by atoms with Gasteiger partial charge in [-0.25, -0.2) is 4.79 Å². The summed E-state index contributed by atoms with van der Waals surface area (Å²) in [5.74, 6) is -0.540. The van der Waals surface area contributed by atoms with Crippen molar-refractivity contribution >= 4 is 35.2 Å². The fraction of sp³-hybridized carbons (Fsp3) is 0.345. The van der Waals surface area contributed by atoms with Crippen molar-refractivity contribution in [3.8, 4) is 5.75 Å². The summed E-state index contributed by atoms with van der Waals surface area (Å²) in [4.78, 5) is 53.4. The Morgan fingerprint density at radius 2 is 1.62 bits per heavy atom. The van der Waals surface area contributed by atoms with Crippen LogP contribution in [0.5, 0.6) is 5.75 Å². The normalized spacial score (nSPS) is 11.8. The molecule has 212 valence electrons. The van der Waals surface area contributed by atoms with E-state index in [1.165, 1.54) is 31.3 Å². The lowest BCUT2D eigenvalue weighted by molar-refractivity contribution is -0.128. The summed E-state index contributed by atoms with van der Waals surface area (Å²) in [7, 11) is 2.80. The molecule has 3 amide bonds. The minimum absolute atomic E-state index is 0.169. The smallest absolute Gasteiger partial charge is 0.337 e. The molecule has 11 nitrogen and oxygen atoms in total. The van der Waals surface area contributed by atoms with Crippen LogP contribution < -0.4 is 20.3 Å². The molecule has 40 heavy (non-hydrogen) atoms. The number of hydrogen-bond donors (Lipinski definition) is 2. The number of esters is 1. The van der Waals surface area contributed by atoms with Crippen molar-refractivity contribution in [3.63, 3.8) is 0 Å². The molecule has 0 aliphatic rings. The third-order valence-electron chi connectivity index (χ3n) is 5.73. The number of benzene rings is 2. The zero-order valence-electron chi connectivity index (χ0n) is 23.4. The Morgan fingerprint density at radius 1 is 0.975 bits per heavy atom. The molecular formula is C29H34N4O7. The third-order valence-corrected chi connectivity index (χ3v) is 5.73. The van der Waals surface area contributed by atoms with Crippen LogP contribution in [0.1, 0.15) is 61.3 Å². The minimum atomic E-state index is -1.09. The molecule has 0 radical (unpaired) electrons. The van der Waals surface area contributed by atoms with Gasteiger partial charge in [0.05, 0.1) is 19.8 Å². The Kier molecular flexibility index (Phi) is 9.65. The molecule has 0 bridgehead atoms. The monoisotopic (exact) mass is 550 g/mol. The molecule has 3 aromatic rings. The summed E-state index contributed by atoms with van der Waals surface area (Å²) in [5.41, 5.74) is 0.563. The van der Waals surface area contributed by atoms with Gasteiger partial charge in [-0.1, -0.05) is 17.3 Å². The van der Waals surface area contributed by atoms with Gasteiger partial charge in [0.2, 0.25) is 17.7 Å². The first-order valence-electron chi connectivity index (χ1n) is 12.6. The van der Waals surface area contributed by atoms with Crippen molar-refractivity contribution in [2.45, 2.75) is 52.1 Å². The Bertz CT molecular complexity index is 1340. The van der Waals surface area contributed by atoms with Crippen molar-refractivity contribution in [2.75, 3.05) is 24.4 Å². The van der Waals surface area contributed by atoms with Crippen LogP contribution in [-0.2, 0) is 19.1 Å². The second kappa shape index (κ2) is 12.9. The quantitative estimate of drug-likeness (QED) is 0.358. The third kappa shape index (κ3) is 7.92. The average Bonchev–Trinajstić information content (AvgIpc) is 3.33. The molecule has 0 saturated carbocycles. The lowest BCUT2D eigenvalue weighted by atomic mass is 9.99. The highest BCUT2D eigenvalue weighted by Gasteiger charge is 2.34. The summed E-state index contributed by atoms with van der Waals surface area (Å²) in [6.45, 7) is 7.20. The van der Waals surface area contributed by atoms with Crippen LogP contribution in [0.25, 0.3) is 0 Å². The fourth-order valence-electron chi connectivity index (χ4n) is 3.93. The molecule has 0 saturated heterocycles. The maximum atomic E-state index is 13.8. The van der Waals surface area contributed by atoms with Gasteiger partial charge in [-0.05, 0) is 69.7 Å². The standard InChI is InChI=1S/C29H34N4O7/c1-18-17-23(32-40-18)30-24(34)15-16-25(35)33(21-11-7-20(8-12-21)28(37)39-6)26(27(36)31-29(2,3)4)19-9-13-22(38-5)14-10-19/h7-14,17,26H,15-16H2,1-6H3,(H,31,36)(H,30,32,34)/t26-/m1/s1. The van der Waals surface area contributed by atoms with E-state index in [4.69, 9.17) is 14.0 Å². The predicted octanol–water partition coefficient (Wildman–Crippen LogP) is 4.19. The van der Waals surface area contributed by atoms with Crippen molar-refractivity contribution in [1.29, 1.82) is 0 Å². The largest absolute Gasteiger partial charge is 0.497 e. The molecule has 11 heteroatoms. The topological polar surface area (TPSA) is 140 Å². The highest BCUT2D eigenvalue weighted by atomic mass is 16.5. The molecule has 1 atom stereocenters. The maximum absolute atomic E-state index is 13.8. The maximum Gasteiger partial charge on any atom is 0.337 e. The van der Waals surface area contributed by atoms with E-state index in [0.29, 0.717) is 22.8 Å². The molecule has 1 heterocycles. The molecule has 0 aliphatic heterocycles. The lowest BCUT2D eigenvalue weighted by Crippen LogP contribution is -2.49. The van der Waals surface area contributed by atoms with E-state index in [2.05, 4.69) is 15.8 Å². The zero-order valence-corrected chi connectivity index (χ0v) is 23.4. The van der Waals surface area contributed by atoms with E-state index in [-0.39, 0.29) is 24.2 Å². The molecular weight excluding hydrogens is 516 g/mol. The van der Waals surface area contributed by atoms with Crippen LogP contribution in [-0.4, -0.2) is 48.6 Å². The van der Waals surface area contributed by atoms with Gasteiger partial charge in [0.1, 0.15) is 17.6 Å². The van der Waals surface area contributed by atoms with Gasteiger partial charge in [0, 0.05) is 30.1 Å². The number of nitrogens with one attached hydrogen (secondary N) is 2. The average molecular weight is 551 g/mol. The van der Waals surface area contributed by atoms with Crippen molar-refractivity contribution in [2.24, 2.45) is 0 Å². The number of carbonyl (C=O) groups is 4. The molecule has 0 aliphatic carbocycles. The summed E-state index contributed by atoms with van der Waals surface area (Å²) in [6.07, 6.45) is -0.380. The van der Waals surface area contributed by atoms with Gasteiger partial charge in [-0.2, -0.15) is 0 Å². The van der Waals surface area contributed by atoms with Gasteiger partial charge < -0.3 is 24.6 Å². The summed E-state index contributed by atoms with van der Waals surface area (Å²) in [5, 5.41) is 9.28. The van der Waals surface area contributed by atoms with E-state index >= 15 is 0 Å². The predicted molar refractivity (Wildman–Crippen MR) is 148 cm³/mol. The molecule has 0 unspecified atom stereocenters. The second-order valence-electron chi connectivity index (χ2n) is 10.1. The van der Waals surface area contributed by atoms with E-state index in [0.717, 1.165) is 0 Å². The van der Waals surface area contributed by atoms with Crippen LogP contribution in [0.4, 0.5) is 11.5 Å². The molecule has 0 spiro atoms. The number of aromatic nitrogens is 1. The number of hydrogen-bond acceptors (Lipinski definition) is 8. The molecule has 0 fully saturated rings. The number of anilines is 2. The Labute approximate surface area is 232 Å². The molecule has 1 aromatic heterocycles. The number of aryl methyl sites for hydroxylation is 1. The first kappa shape index (κ1) is 29.9. The SMILES string of the molecule is COC(=O)c1ccc(N(C(=O)CCC(=O)Nc2cc(C)on2)[C@@H](C(=O)NC(C)(C)C)c2ccc(OC)cc2)cc1. The number of carbonyl (C=O) groups excluding carboxylic acids is 4. The second-order valence-corrected chi connectivity index (χ2v) is 10.1.